The number of ether oxygens (including phenoxy) is 4. The van der Waals surface area contributed by atoms with Crippen LogP contribution in [0, 0.1) is 29.1 Å². The first kappa shape index (κ1) is 24.3. The number of carbonyl (C=O) groups excluding carboxylic acids is 1. The molecule has 1 rings (SSSR count). The maximum atomic E-state index is 13.4. The first-order valence-corrected chi connectivity index (χ1v) is 8.85. The number of hydrogen-bond acceptors (Lipinski definition) is 5. The molecule has 5 nitrogen and oxygen atoms in total. The van der Waals surface area contributed by atoms with E-state index in [0.717, 1.165) is 19.3 Å². The Bertz CT molecular complexity index is 598. The predicted molar refractivity (Wildman–Crippen MR) is 88.5 cm³/mol. The number of benzene rings is 1. The van der Waals surface area contributed by atoms with Gasteiger partial charge >= 0.3 is 5.97 Å². The summed E-state index contributed by atoms with van der Waals surface area (Å²) in [6.07, 6.45) is 2.79. The average molecular weight is 414 g/mol. The highest BCUT2D eigenvalue weighted by molar-refractivity contribution is 5.72. The number of unbranched alkanes of at least 4 members (excludes halogenated alkanes) is 2. The molecule has 0 fully saturated rings. The van der Waals surface area contributed by atoms with Gasteiger partial charge < -0.3 is 18.9 Å². The number of hydrogen-bond donors (Lipinski definition) is 0. The normalized spacial score (nSPS) is 11.1. The van der Waals surface area contributed by atoms with E-state index in [0.29, 0.717) is 19.8 Å². The zero-order valence-electron chi connectivity index (χ0n) is 15.5. The molecule has 160 valence electrons. The maximum Gasteiger partial charge on any atom is 0.313 e. The molecule has 0 saturated carbocycles. The molecule has 0 aliphatic rings. The Morgan fingerprint density at radius 2 is 1.14 bits per heavy atom. The number of rotatable bonds is 14. The summed E-state index contributed by atoms with van der Waals surface area (Å²) in [4.78, 5) is 11.5. The van der Waals surface area contributed by atoms with Crippen molar-refractivity contribution < 1.29 is 45.7 Å². The third kappa shape index (κ3) is 8.07. The number of halogens is 5. The van der Waals surface area contributed by atoms with Gasteiger partial charge in [0, 0.05) is 6.61 Å². The molecule has 0 amide bonds. The molecule has 0 spiro atoms. The maximum absolute atomic E-state index is 13.4. The summed E-state index contributed by atoms with van der Waals surface area (Å²) in [5, 5.41) is 0. The Morgan fingerprint density at radius 3 is 1.68 bits per heavy atom. The number of esters is 1. The second-order valence-electron chi connectivity index (χ2n) is 5.67. The Hall–Kier alpha value is -1.78. The van der Waals surface area contributed by atoms with Gasteiger partial charge in [0.25, 0.3) is 0 Å². The van der Waals surface area contributed by atoms with Crippen molar-refractivity contribution in [3.63, 3.8) is 0 Å². The predicted octanol–water partition coefficient (Wildman–Crippen LogP) is 3.92. The van der Waals surface area contributed by atoms with Gasteiger partial charge in [-0.25, -0.2) is 13.2 Å². The van der Waals surface area contributed by atoms with Crippen LogP contribution in [0.3, 0.4) is 0 Å². The third-order valence-corrected chi connectivity index (χ3v) is 3.47. The quantitative estimate of drug-likeness (QED) is 0.115. The zero-order valence-corrected chi connectivity index (χ0v) is 15.5. The molecule has 0 saturated heterocycles. The molecule has 1 aromatic carbocycles. The van der Waals surface area contributed by atoms with Gasteiger partial charge in [-0.1, -0.05) is 19.8 Å². The highest BCUT2D eigenvalue weighted by atomic mass is 19.2. The van der Waals surface area contributed by atoms with Gasteiger partial charge in [0.15, 0.2) is 0 Å². The van der Waals surface area contributed by atoms with Crippen LogP contribution in [0.15, 0.2) is 0 Å². The van der Waals surface area contributed by atoms with Crippen molar-refractivity contribution in [2.45, 2.75) is 32.6 Å². The van der Waals surface area contributed by atoms with Crippen LogP contribution < -0.4 is 4.74 Å². The van der Waals surface area contributed by atoms with Gasteiger partial charge in [-0.15, -0.1) is 0 Å². The third-order valence-electron chi connectivity index (χ3n) is 3.47. The molecule has 10 heteroatoms. The Labute approximate surface area is 159 Å². The first-order chi connectivity index (χ1) is 13.4. The zero-order chi connectivity index (χ0) is 20.9. The molecular formula is C18H23F5O5. The van der Waals surface area contributed by atoms with E-state index in [1.807, 2.05) is 0 Å². The number of carbonyl (C=O) groups is 1. The molecule has 0 aromatic heterocycles. The van der Waals surface area contributed by atoms with E-state index in [4.69, 9.17) is 14.2 Å². The smallest absolute Gasteiger partial charge is 0.313 e. The van der Waals surface area contributed by atoms with Crippen LogP contribution in [0.5, 0.6) is 5.75 Å². The van der Waals surface area contributed by atoms with Crippen LogP contribution in [0.25, 0.3) is 0 Å². The summed E-state index contributed by atoms with van der Waals surface area (Å²) in [6, 6.07) is 0. The van der Waals surface area contributed by atoms with E-state index in [1.165, 1.54) is 0 Å². The largest absolute Gasteiger partial charge is 0.420 e. The van der Waals surface area contributed by atoms with Gasteiger partial charge in [-0.3, -0.25) is 4.79 Å². The van der Waals surface area contributed by atoms with Crippen LogP contribution in [0.4, 0.5) is 22.0 Å². The second-order valence-corrected chi connectivity index (χ2v) is 5.67. The van der Waals surface area contributed by atoms with Crippen LogP contribution in [0.2, 0.25) is 0 Å². The highest BCUT2D eigenvalue weighted by Crippen LogP contribution is 2.29. The molecule has 0 N–H and O–H groups in total. The van der Waals surface area contributed by atoms with Crippen LogP contribution in [-0.2, 0) is 19.0 Å². The van der Waals surface area contributed by atoms with E-state index < -0.39 is 47.2 Å². The molecule has 0 radical (unpaired) electrons. The average Bonchev–Trinajstić information content (AvgIpc) is 2.69. The molecule has 0 aliphatic carbocycles. The van der Waals surface area contributed by atoms with Gasteiger partial charge in [-0.2, -0.15) is 8.78 Å². The SMILES string of the molecule is CCCCCOCCOCCOCCC(=O)Oc1c(F)c(F)c(F)c(F)c1F. The minimum absolute atomic E-state index is 0.144. The van der Waals surface area contributed by atoms with Crippen LogP contribution in [0.1, 0.15) is 32.6 Å². The fraction of sp³-hybridized carbons (Fsp3) is 0.611. The minimum Gasteiger partial charge on any atom is -0.420 e. The lowest BCUT2D eigenvalue weighted by Crippen LogP contribution is -2.16. The second kappa shape index (κ2) is 13.4. The summed E-state index contributed by atoms with van der Waals surface area (Å²) in [7, 11) is 0. The standard InChI is InChI=1S/C18H23F5O5/c1-2-3-4-6-25-8-10-27-11-9-26-7-5-12(24)28-18-16(22)14(20)13(19)15(21)17(18)23/h2-11H2,1H3. The van der Waals surface area contributed by atoms with Crippen molar-refractivity contribution >= 4 is 5.97 Å². The van der Waals surface area contributed by atoms with E-state index in [9.17, 15) is 26.7 Å². The molecule has 0 heterocycles. The van der Waals surface area contributed by atoms with Crippen molar-refractivity contribution in [3.8, 4) is 5.75 Å². The van der Waals surface area contributed by atoms with Crippen molar-refractivity contribution in [3.05, 3.63) is 29.1 Å². The summed E-state index contributed by atoms with van der Waals surface area (Å²) in [6.45, 7) is 3.83. The lowest BCUT2D eigenvalue weighted by Gasteiger charge is -2.09. The molecule has 0 bridgehead atoms. The van der Waals surface area contributed by atoms with Gasteiger partial charge in [0.1, 0.15) is 0 Å². The van der Waals surface area contributed by atoms with E-state index in [1.54, 1.807) is 0 Å². The Morgan fingerprint density at radius 1 is 0.679 bits per heavy atom. The molecule has 0 unspecified atom stereocenters. The van der Waals surface area contributed by atoms with E-state index in [-0.39, 0.29) is 19.8 Å². The Balaban J connectivity index is 2.17. The fourth-order valence-electron chi connectivity index (χ4n) is 1.99. The Kier molecular flexibility index (Phi) is 11.6. The van der Waals surface area contributed by atoms with Crippen molar-refractivity contribution in [1.82, 2.24) is 0 Å². The van der Waals surface area contributed by atoms with Crippen molar-refractivity contribution in [2.75, 3.05) is 39.6 Å². The van der Waals surface area contributed by atoms with E-state index >= 15 is 0 Å². The summed E-state index contributed by atoms with van der Waals surface area (Å²) in [5.41, 5.74) is 0. The van der Waals surface area contributed by atoms with Crippen LogP contribution >= 0.6 is 0 Å². The topological polar surface area (TPSA) is 54.0 Å². The first-order valence-electron chi connectivity index (χ1n) is 8.85. The van der Waals surface area contributed by atoms with Crippen LogP contribution in [-0.4, -0.2) is 45.6 Å². The molecule has 0 atom stereocenters. The van der Waals surface area contributed by atoms with Crippen molar-refractivity contribution in [2.24, 2.45) is 0 Å². The molecular weight excluding hydrogens is 391 g/mol. The molecule has 0 aliphatic heterocycles. The monoisotopic (exact) mass is 414 g/mol. The van der Waals surface area contributed by atoms with Gasteiger partial charge in [0.05, 0.1) is 39.5 Å². The fourth-order valence-corrected chi connectivity index (χ4v) is 1.99. The lowest BCUT2D eigenvalue weighted by atomic mass is 10.2. The lowest BCUT2D eigenvalue weighted by molar-refractivity contribution is -0.136. The molecule has 1 aromatic rings. The van der Waals surface area contributed by atoms with Gasteiger partial charge in [0.2, 0.25) is 34.8 Å². The van der Waals surface area contributed by atoms with Crippen molar-refractivity contribution in [1.29, 1.82) is 0 Å². The summed E-state index contributed by atoms with van der Waals surface area (Å²) in [5.74, 6) is -14.0. The summed E-state index contributed by atoms with van der Waals surface area (Å²) < 4.78 is 85.5. The van der Waals surface area contributed by atoms with E-state index in [2.05, 4.69) is 11.7 Å². The molecule has 28 heavy (non-hydrogen) atoms. The summed E-state index contributed by atoms with van der Waals surface area (Å²) >= 11 is 0. The van der Waals surface area contributed by atoms with Gasteiger partial charge in [-0.05, 0) is 6.42 Å². The minimum atomic E-state index is -2.33. The highest BCUT2D eigenvalue weighted by Gasteiger charge is 2.28.